The Kier molecular flexibility index (Phi) is 4.34. The highest BCUT2D eigenvalue weighted by atomic mass is 16.3. The summed E-state index contributed by atoms with van der Waals surface area (Å²) in [6.45, 7) is 1.78. The molecule has 0 saturated carbocycles. The average molecular weight is 357 g/mol. The van der Waals surface area contributed by atoms with Crippen LogP contribution in [-0.2, 0) is 0 Å². The molecule has 1 aliphatic rings. The van der Waals surface area contributed by atoms with Gasteiger partial charge in [0.2, 0.25) is 0 Å². The Balaban J connectivity index is 1.81. The van der Waals surface area contributed by atoms with E-state index in [1.807, 2.05) is 54.6 Å². The van der Waals surface area contributed by atoms with Gasteiger partial charge in [0.05, 0.1) is 11.3 Å². The number of phenols is 1. The van der Waals surface area contributed by atoms with Crippen LogP contribution in [0.25, 0.3) is 0 Å². The molecule has 0 bridgehead atoms. The second-order valence-corrected chi connectivity index (χ2v) is 6.36. The third kappa shape index (κ3) is 3.15. The van der Waals surface area contributed by atoms with Crippen LogP contribution in [0.15, 0.2) is 84.0 Å². The molecule has 0 aliphatic carbocycles. The molecule has 1 unspecified atom stereocenters. The van der Waals surface area contributed by atoms with Crippen LogP contribution >= 0.6 is 0 Å². The number of rotatable bonds is 3. The summed E-state index contributed by atoms with van der Waals surface area (Å²) >= 11 is 0. The van der Waals surface area contributed by atoms with Gasteiger partial charge in [0.1, 0.15) is 5.75 Å². The number of carbonyl (C=O) groups is 1. The normalized spacial score (nSPS) is 16.6. The molecule has 1 amide bonds. The Morgan fingerprint density at radius 1 is 0.963 bits per heavy atom. The van der Waals surface area contributed by atoms with Gasteiger partial charge in [-0.25, -0.2) is 5.01 Å². The van der Waals surface area contributed by atoms with Gasteiger partial charge in [-0.2, -0.15) is 5.10 Å². The van der Waals surface area contributed by atoms with E-state index in [1.165, 1.54) is 5.01 Å². The Labute approximate surface area is 157 Å². The highest BCUT2D eigenvalue weighted by Crippen LogP contribution is 2.33. The van der Waals surface area contributed by atoms with Crippen molar-refractivity contribution in [1.29, 1.82) is 0 Å². The molecule has 0 aromatic heterocycles. The van der Waals surface area contributed by atoms with Gasteiger partial charge in [0.15, 0.2) is 6.17 Å². The van der Waals surface area contributed by atoms with E-state index in [1.54, 1.807) is 31.2 Å². The van der Waals surface area contributed by atoms with E-state index in [0.29, 0.717) is 16.8 Å². The zero-order chi connectivity index (χ0) is 18.8. The minimum Gasteiger partial charge on any atom is -0.507 e. The summed E-state index contributed by atoms with van der Waals surface area (Å²) in [7, 11) is 0. The molecule has 27 heavy (non-hydrogen) atoms. The monoisotopic (exact) mass is 357 g/mol. The molecule has 5 heteroatoms. The topological polar surface area (TPSA) is 64.9 Å². The minimum absolute atomic E-state index is 0.132. The number of hydrazone groups is 1. The lowest BCUT2D eigenvalue weighted by Crippen LogP contribution is -2.40. The fourth-order valence-electron chi connectivity index (χ4n) is 3.20. The van der Waals surface area contributed by atoms with Crippen molar-refractivity contribution in [2.45, 2.75) is 13.1 Å². The maximum absolute atomic E-state index is 13.2. The number of benzene rings is 3. The van der Waals surface area contributed by atoms with Gasteiger partial charge >= 0.3 is 0 Å². The van der Waals surface area contributed by atoms with Gasteiger partial charge in [-0.3, -0.25) is 4.79 Å². The van der Waals surface area contributed by atoms with Gasteiger partial charge in [-0.1, -0.05) is 54.6 Å². The summed E-state index contributed by atoms with van der Waals surface area (Å²) in [5.41, 5.74) is 3.43. The molecule has 2 N–H and O–H groups in total. The quantitative estimate of drug-likeness (QED) is 0.684. The molecule has 5 nitrogen and oxygen atoms in total. The van der Waals surface area contributed by atoms with Crippen LogP contribution in [0.5, 0.6) is 5.75 Å². The van der Waals surface area contributed by atoms with Crippen LogP contribution in [0.1, 0.15) is 34.6 Å². The van der Waals surface area contributed by atoms with E-state index in [0.717, 1.165) is 11.3 Å². The zero-order valence-corrected chi connectivity index (χ0v) is 14.8. The smallest absolute Gasteiger partial charge is 0.278 e. The fraction of sp³-hybridized carbons (Fsp3) is 0.0909. The molecular weight excluding hydrogens is 338 g/mol. The van der Waals surface area contributed by atoms with Crippen molar-refractivity contribution in [3.63, 3.8) is 0 Å². The van der Waals surface area contributed by atoms with Crippen molar-refractivity contribution in [2.24, 2.45) is 5.10 Å². The van der Waals surface area contributed by atoms with E-state index in [-0.39, 0.29) is 11.7 Å². The van der Waals surface area contributed by atoms with Crippen molar-refractivity contribution < 1.29 is 9.90 Å². The Hall–Kier alpha value is -3.60. The number of phenolic OH excluding ortho intramolecular Hbond substituents is 1. The molecule has 4 rings (SSSR count). The molecule has 1 atom stereocenters. The van der Waals surface area contributed by atoms with Crippen LogP contribution < -0.4 is 5.32 Å². The number of fused-ring (bicyclic) bond motifs is 1. The van der Waals surface area contributed by atoms with Crippen LogP contribution in [0.4, 0.5) is 5.69 Å². The summed E-state index contributed by atoms with van der Waals surface area (Å²) in [4.78, 5) is 13.2. The summed E-state index contributed by atoms with van der Waals surface area (Å²) in [5.74, 6) is -0.0548. The number of hydrogen-bond acceptors (Lipinski definition) is 4. The Morgan fingerprint density at radius 3 is 2.41 bits per heavy atom. The van der Waals surface area contributed by atoms with Gasteiger partial charge in [-0.05, 0) is 36.8 Å². The maximum Gasteiger partial charge on any atom is 0.278 e. The summed E-state index contributed by atoms with van der Waals surface area (Å²) < 4.78 is 0. The van der Waals surface area contributed by atoms with Crippen molar-refractivity contribution in [1.82, 2.24) is 5.01 Å². The highest BCUT2D eigenvalue weighted by Gasteiger charge is 2.33. The third-order valence-electron chi connectivity index (χ3n) is 4.57. The van der Waals surface area contributed by atoms with E-state index < -0.39 is 6.17 Å². The molecular formula is C22H19N3O2. The first-order chi connectivity index (χ1) is 13.1. The number of aromatic hydroxyl groups is 1. The molecule has 0 spiro atoms. The standard InChI is InChI=1S/C22H19N3O2/c1-15(17-11-6-8-14-20(17)26)24-25-21(16-9-3-2-4-10-16)23-19-13-7-5-12-18(19)22(25)27/h2-14,21,23,26H,1H3/b24-15+. The summed E-state index contributed by atoms with van der Waals surface area (Å²) in [6, 6.07) is 24.1. The lowest BCUT2D eigenvalue weighted by molar-refractivity contribution is 0.0689. The molecule has 1 aliphatic heterocycles. The van der Waals surface area contributed by atoms with Gasteiger partial charge in [0.25, 0.3) is 5.91 Å². The van der Waals surface area contributed by atoms with Crippen LogP contribution in [0.2, 0.25) is 0 Å². The number of nitrogens with zero attached hydrogens (tertiary/aromatic N) is 2. The van der Waals surface area contributed by atoms with Crippen molar-refractivity contribution >= 4 is 17.3 Å². The van der Waals surface area contributed by atoms with Crippen molar-refractivity contribution in [3.05, 3.63) is 95.6 Å². The zero-order valence-electron chi connectivity index (χ0n) is 14.8. The lowest BCUT2D eigenvalue weighted by atomic mass is 10.0. The SMILES string of the molecule is C/C(=N\N1C(=O)c2ccccc2NC1c1ccccc1)c1ccccc1O. The summed E-state index contributed by atoms with van der Waals surface area (Å²) in [6.07, 6.45) is -0.436. The third-order valence-corrected chi connectivity index (χ3v) is 4.57. The minimum atomic E-state index is -0.436. The van der Waals surface area contributed by atoms with E-state index >= 15 is 0 Å². The average Bonchev–Trinajstić information content (AvgIpc) is 2.71. The maximum atomic E-state index is 13.2. The number of nitrogens with one attached hydrogen (secondary N) is 1. The van der Waals surface area contributed by atoms with E-state index in [9.17, 15) is 9.90 Å². The van der Waals surface area contributed by atoms with Crippen LogP contribution in [0, 0.1) is 0 Å². The Morgan fingerprint density at radius 2 is 1.63 bits per heavy atom. The second kappa shape index (κ2) is 6.96. The molecule has 0 saturated heterocycles. The second-order valence-electron chi connectivity index (χ2n) is 6.36. The number of hydrogen-bond donors (Lipinski definition) is 2. The number of amides is 1. The first kappa shape index (κ1) is 16.8. The predicted molar refractivity (Wildman–Crippen MR) is 106 cm³/mol. The van der Waals surface area contributed by atoms with Gasteiger partial charge in [-0.15, -0.1) is 0 Å². The molecule has 134 valence electrons. The van der Waals surface area contributed by atoms with Crippen LogP contribution in [-0.4, -0.2) is 21.7 Å². The molecule has 3 aromatic carbocycles. The number of carbonyl (C=O) groups excluding carboxylic acids is 1. The van der Waals surface area contributed by atoms with E-state index in [4.69, 9.17) is 0 Å². The highest BCUT2D eigenvalue weighted by molar-refractivity contribution is 6.05. The molecule has 0 radical (unpaired) electrons. The molecule has 0 fully saturated rings. The van der Waals surface area contributed by atoms with Crippen molar-refractivity contribution in [3.8, 4) is 5.75 Å². The first-order valence-corrected chi connectivity index (χ1v) is 8.73. The first-order valence-electron chi connectivity index (χ1n) is 8.73. The molecule has 1 heterocycles. The van der Waals surface area contributed by atoms with Crippen LogP contribution in [0.3, 0.4) is 0 Å². The fourth-order valence-corrected chi connectivity index (χ4v) is 3.20. The lowest BCUT2D eigenvalue weighted by Gasteiger charge is -2.35. The van der Waals surface area contributed by atoms with E-state index in [2.05, 4.69) is 10.4 Å². The predicted octanol–water partition coefficient (Wildman–Crippen LogP) is 4.38. The summed E-state index contributed by atoms with van der Waals surface area (Å²) in [5, 5.41) is 19.5. The largest absolute Gasteiger partial charge is 0.507 e. The van der Waals surface area contributed by atoms with Gasteiger partial charge < -0.3 is 10.4 Å². The Bertz CT molecular complexity index is 1010. The number of anilines is 1. The van der Waals surface area contributed by atoms with Gasteiger partial charge in [0, 0.05) is 11.3 Å². The molecule has 3 aromatic rings. The van der Waals surface area contributed by atoms with Crippen molar-refractivity contribution in [2.75, 3.05) is 5.32 Å². The number of para-hydroxylation sites is 2.